The van der Waals surface area contributed by atoms with E-state index < -0.39 is 10.0 Å². The quantitative estimate of drug-likeness (QED) is 0.765. The molecule has 0 fully saturated rings. The van der Waals surface area contributed by atoms with E-state index in [-0.39, 0.29) is 4.90 Å². The van der Waals surface area contributed by atoms with Crippen LogP contribution in [-0.4, -0.2) is 22.1 Å². The van der Waals surface area contributed by atoms with Gasteiger partial charge in [-0.15, -0.1) is 0 Å². The molecular formula is C9H13NO4S. The Morgan fingerprint density at radius 3 is 2.33 bits per heavy atom. The monoisotopic (exact) mass is 231 g/mol. The van der Waals surface area contributed by atoms with Crippen LogP contribution >= 0.6 is 0 Å². The summed E-state index contributed by atoms with van der Waals surface area (Å²) in [6, 6.07) is 6.08. The fraction of sp³-hybridized carbons (Fsp3) is 0.333. The number of ether oxygens (including phenoxy) is 1. The van der Waals surface area contributed by atoms with Crippen LogP contribution in [0.4, 0.5) is 0 Å². The largest absolute Gasteiger partial charge is 0.494 e. The van der Waals surface area contributed by atoms with Gasteiger partial charge in [-0.25, -0.2) is 8.42 Å². The summed E-state index contributed by atoms with van der Waals surface area (Å²) < 4.78 is 28.0. The number of sulfonamides is 1. The van der Waals surface area contributed by atoms with Crippen LogP contribution in [0.1, 0.15) is 6.92 Å². The van der Waals surface area contributed by atoms with E-state index in [1.165, 1.54) is 19.2 Å². The Balaban J connectivity index is 2.89. The first-order valence-electron chi connectivity index (χ1n) is 4.38. The van der Waals surface area contributed by atoms with Crippen LogP contribution in [0.25, 0.3) is 0 Å². The number of hydrogen-bond donors (Lipinski definition) is 1. The molecule has 0 saturated carbocycles. The minimum Gasteiger partial charge on any atom is -0.494 e. The van der Waals surface area contributed by atoms with Crippen LogP contribution in [0, 0.1) is 0 Å². The standard InChI is InChI=1S/C9H13NO4S/c1-3-14-8-4-6-9(7-5-8)15(11,12)10-13-2/h4-7,10H,3H2,1-2H3. The van der Waals surface area contributed by atoms with E-state index in [9.17, 15) is 8.42 Å². The van der Waals surface area contributed by atoms with Gasteiger partial charge in [0.05, 0.1) is 18.6 Å². The summed E-state index contributed by atoms with van der Waals surface area (Å²) in [4.78, 5) is 6.42. The van der Waals surface area contributed by atoms with Gasteiger partial charge in [0.15, 0.2) is 0 Å². The minimum atomic E-state index is -3.57. The topological polar surface area (TPSA) is 64.6 Å². The zero-order chi connectivity index (χ0) is 11.3. The first-order valence-corrected chi connectivity index (χ1v) is 5.86. The van der Waals surface area contributed by atoms with Gasteiger partial charge in [-0.05, 0) is 31.2 Å². The fourth-order valence-electron chi connectivity index (χ4n) is 1.04. The SMILES string of the molecule is CCOc1ccc(S(=O)(=O)NOC)cc1. The Morgan fingerprint density at radius 2 is 1.87 bits per heavy atom. The first kappa shape index (κ1) is 12.0. The normalized spacial score (nSPS) is 11.3. The van der Waals surface area contributed by atoms with Crippen LogP contribution < -0.4 is 9.62 Å². The smallest absolute Gasteiger partial charge is 0.262 e. The maximum atomic E-state index is 11.4. The summed E-state index contributed by atoms with van der Waals surface area (Å²) in [5.74, 6) is 0.633. The van der Waals surface area contributed by atoms with Gasteiger partial charge in [0.25, 0.3) is 10.0 Å². The van der Waals surface area contributed by atoms with Crippen LogP contribution in [0.5, 0.6) is 5.75 Å². The molecule has 84 valence electrons. The maximum absolute atomic E-state index is 11.4. The fourth-order valence-corrected chi connectivity index (χ4v) is 1.85. The van der Waals surface area contributed by atoms with Gasteiger partial charge in [-0.3, -0.25) is 4.84 Å². The lowest BCUT2D eigenvalue weighted by Crippen LogP contribution is -2.22. The van der Waals surface area contributed by atoms with E-state index in [1.54, 1.807) is 12.1 Å². The molecule has 1 rings (SSSR count). The van der Waals surface area contributed by atoms with E-state index >= 15 is 0 Å². The predicted octanol–water partition coefficient (Wildman–Crippen LogP) is 0.925. The third-order valence-electron chi connectivity index (χ3n) is 1.64. The second kappa shape index (κ2) is 5.11. The van der Waals surface area contributed by atoms with Crippen molar-refractivity contribution in [3.05, 3.63) is 24.3 Å². The molecule has 0 amide bonds. The van der Waals surface area contributed by atoms with Gasteiger partial charge in [-0.1, -0.05) is 4.89 Å². The second-order valence-corrected chi connectivity index (χ2v) is 4.34. The molecule has 0 aliphatic carbocycles. The Bertz CT molecular complexity index is 399. The van der Waals surface area contributed by atoms with Crippen LogP contribution in [0.15, 0.2) is 29.2 Å². The van der Waals surface area contributed by atoms with Crippen molar-refractivity contribution in [2.45, 2.75) is 11.8 Å². The van der Waals surface area contributed by atoms with E-state index in [0.29, 0.717) is 12.4 Å². The lowest BCUT2D eigenvalue weighted by molar-refractivity contribution is 0.153. The van der Waals surface area contributed by atoms with Crippen molar-refractivity contribution >= 4 is 10.0 Å². The Kier molecular flexibility index (Phi) is 4.07. The minimum absolute atomic E-state index is 0.132. The molecule has 0 bridgehead atoms. The van der Waals surface area contributed by atoms with E-state index in [1.807, 2.05) is 11.8 Å². The van der Waals surface area contributed by atoms with Crippen molar-refractivity contribution in [1.29, 1.82) is 0 Å². The van der Waals surface area contributed by atoms with Crippen molar-refractivity contribution < 1.29 is 18.0 Å². The van der Waals surface area contributed by atoms with Gasteiger partial charge in [0.1, 0.15) is 5.75 Å². The van der Waals surface area contributed by atoms with Crippen molar-refractivity contribution in [3.63, 3.8) is 0 Å². The molecule has 15 heavy (non-hydrogen) atoms. The zero-order valence-corrected chi connectivity index (χ0v) is 9.37. The van der Waals surface area contributed by atoms with Crippen LogP contribution in [-0.2, 0) is 14.9 Å². The van der Waals surface area contributed by atoms with E-state index in [0.717, 1.165) is 0 Å². The molecule has 0 spiro atoms. The predicted molar refractivity (Wildman–Crippen MR) is 54.9 cm³/mol. The van der Waals surface area contributed by atoms with Gasteiger partial charge in [-0.2, -0.15) is 0 Å². The second-order valence-electron chi connectivity index (χ2n) is 2.70. The molecule has 0 atom stereocenters. The zero-order valence-electron chi connectivity index (χ0n) is 8.56. The van der Waals surface area contributed by atoms with Gasteiger partial charge in [0.2, 0.25) is 0 Å². The molecule has 1 aromatic rings. The van der Waals surface area contributed by atoms with Crippen LogP contribution in [0.2, 0.25) is 0 Å². The van der Waals surface area contributed by atoms with Crippen molar-refractivity contribution in [2.75, 3.05) is 13.7 Å². The van der Waals surface area contributed by atoms with Crippen molar-refractivity contribution in [2.24, 2.45) is 0 Å². The molecule has 0 aliphatic rings. The van der Waals surface area contributed by atoms with Crippen molar-refractivity contribution in [1.82, 2.24) is 4.89 Å². The Labute approximate surface area is 89.0 Å². The molecule has 0 saturated heterocycles. The van der Waals surface area contributed by atoms with Crippen molar-refractivity contribution in [3.8, 4) is 5.75 Å². The molecular weight excluding hydrogens is 218 g/mol. The average molecular weight is 231 g/mol. The maximum Gasteiger partial charge on any atom is 0.262 e. The number of benzene rings is 1. The van der Waals surface area contributed by atoms with Gasteiger partial charge < -0.3 is 4.74 Å². The highest BCUT2D eigenvalue weighted by atomic mass is 32.2. The number of rotatable bonds is 5. The molecule has 0 aliphatic heterocycles. The average Bonchev–Trinajstić information content (AvgIpc) is 2.19. The molecule has 6 heteroatoms. The van der Waals surface area contributed by atoms with Gasteiger partial charge in [0, 0.05) is 0 Å². The highest BCUT2D eigenvalue weighted by Gasteiger charge is 2.12. The lowest BCUT2D eigenvalue weighted by atomic mass is 10.3. The highest BCUT2D eigenvalue weighted by molar-refractivity contribution is 7.89. The highest BCUT2D eigenvalue weighted by Crippen LogP contribution is 2.15. The van der Waals surface area contributed by atoms with Crippen LogP contribution in [0.3, 0.4) is 0 Å². The third-order valence-corrected chi connectivity index (χ3v) is 2.92. The van der Waals surface area contributed by atoms with E-state index in [2.05, 4.69) is 4.84 Å². The first-order chi connectivity index (χ1) is 7.10. The summed E-state index contributed by atoms with van der Waals surface area (Å²) in [6.07, 6.45) is 0. The number of nitrogens with one attached hydrogen (secondary N) is 1. The summed E-state index contributed by atoms with van der Waals surface area (Å²) in [6.45, 7) is 2.40. The lowest BCUT2D eigenvalue weighted by Gasteiger charge is -2.05. The summed E-state index contributed by atoms with van der Waals surface area (Å²) >= 11 is 0. The third kappa shape index (κ3) is 3.19. The van der Waals surface area contributed by atoms with Gasteiger partial charge >= 0.3 is 0 Å². The summed E-state index contributed by atoms with van der Waals surface area (Å²) in [5, 5.41) is 0. The molecule has 0 aromatic heterocycles. The summed E-state index contributed by atoms with van der Waals surface area (Å²) in [5.41, 5.74) is 0. The molecule has 1 N–H and O–H groups in total. The Morgan fingerprint density at radius 1 is 1.27 bits per heavy atom. The molecule has 1 aromatic carbocycles. The molecule has 5 nitrogen and oxygen atoms in total. The molecule has 0 heterocycles. The van der Waals surface area contributed by atoms with E-state index in [4.69, 9.17) is 4.74 Å². The molecule has 0 radical (unpaired) electrons. The Hall–Kier alpha value is -1.11. The summed E-state index contributed by atoms with van der Waals surface area (Å²) in [7, 11) is -2.33. The number of hydrogen-bond acceptors (Lipinski definition) is 4. The molecule has 0 unspecified atom stereocenters.